The standard InChI is InChI=1S/C16H16Cl2N4O4.2ClH/c17-12-4-10(5-13(18)22-12)8-26-16(25)11(19)3-9-1-2-14(20-6-9)21-7-15(23)24;;/h1-2,4-6,11H,3,7-8,19H2,(H,20,21)(H,23,24);2*1H/t11-;;/m0../s1. The zero-order valence-electron chi connectivity index (χ0n) is 14.3. The molecule has 0 aliphatic heterocycles. The van der Waals surface area contributed by atoms with Crippen molar-refractivity contribution in [2.24, 2.45) is 5.73 Å². The van der Waals surface area contributed by atoms with E-state index in [0.29, 0.717) is 16.9 Å². The average Bonchev–Trinajstić information content (AvgIpc) is 2.58. The lowest BCUT2D eigenvalue weighted by atomic mass is 10.1. The highest BCUT2D eigenvalue weighted by Crippen LogP contribution is 2.15. The molecule has 4 N–H and O–H groups in total. The van der Waals surface area contributed by atoms with Crippen molar-refractivity contribution in [3.63, 3.8) is 0 Å². The second-order valence-electron chi connectivity index (χ2n) is 5.34. The van der Waals surface area contributed by atoms with Crippen LogP contribution in [0.2, 0.25) is 10.3 Å². The van der Waals surface area contributed by atoms with Gasteiger partial charge in [-0.25, -0.2) is 9.97 Å². The summed E-state index contributed by atoms with van der Waals surface area (Å²) < 4.78 is 5.15. The highest BCUT2D eigenvalue weighted by molar-refractivity contribution is 6.32. The summed E-state index contributed by atoms with van der Waals surface area (Å²) in [5, 5.41) is 11.6. The number of nitrogens with zero attached hydrogens (tertiary/aromatic N) is 2. The van der Waals surface area contributed by atoms with Crippen LogP contribution in [-0.2, 0) is 27.4 Å². The van der Waals surface area contributed by atoms with E-state index in [1.54, 1.807) is 24.3 Å². The van der Waals surface area contributed by atoms with Crippen LogP contribution in [0.3, 0.4) is 0 Å². The van der Waals surface area contributed by atoms with Crippen LogP contribution >= 0.6 is 48.0 Å². The molecule has 12 heteroatoms. The number of nitrogens with one attached hydrogen (secondary N) is 1. The molecular weight excluding hydrogens is 454 g/mol. The highest BCUT2D eigenvalue weighted by Gasteiger charge is 2.16. The molecule has 0 spiro atoms. The van der Waals surface area contributed by atoms with Crippen molar-refractivity contribution in [3.05, 3.63) is 51.9 Å². The molecule has 0 saturated carbocycles. The Morgan fingerprint density at radius 1 is 1.18 bits per heavy atom. The Balaban J connectivity index is 0.00000364. The van der Waals surface area contributed by atoms with Gasteiger partial charge >= 0.3 is 11.9 Å². The Hall–Kier alpha value is -1.84. The molecule has 0 unspecified atom stereocenters. The summed E-state index contributed by atoms with van der Waals surface area (Å²) in [5.41, 5.74) is 7.17. The van der Waals surface area contributed by atoms with Crippen LogP contribution in [-0.4, -0.2) is 39.6 Å². The van der Waals surface area contributed by atoms with E-state index >= 15 is 0 Å². The maximum atomic E-state index is 12.0. The number of halogens is 4. The highest BCUT2D eigenvalue weighted by atomic mass is 35.5. The molecular formula is C16H18Cl4N4O4. The largest absolute Gasteiger partial charge is 0.480 e. The molecule has 2 rings (SSSR count). The maximum Gasteiger partial charge on any atom is 0.323 e. The van der Waals surface area contributed by atoms with Crippen LogP contribution in [0.1, 0.15) is 11.1 Å². The third-order valence-electron chi connectivity index (χ3n) is 3.21. The minimum Gasteiger partial charge on any atom is -0.480 e. The van der Waals surface area contributed by atoms with E-state index < -0.39 is 18.0 Å². The number of anilines is 1. The van der Waals surface area contributed by atoms with Gasteiger partial charge in [-0.05, 0) is 35.7 Å². The fourth-order valence-electron chi connectivity index (χ4n) is 2.01. The van der Waals surface area contributed by atoms with E-state index in [9.17, 15) is 9.59 Å². The molecule has 28 heavy (non-hydrogen) atoms. The maximum absolute atomic E-state index is 12.0. The molecule has 0 amide bonds. The van der Waals surface area contributed by atoms with Crippen molar-refractivity contribution in [2.45, 2.75) is 19.1 Å². The average molecular weight is 472 g/mol. The molecule has 154 valence electrons. The summed E-state index contributed by atoms with van der Waals surface area (Å²) in [6, 6.07) is 5.52. The topological polar surface area (TPSA) is 127 Å². The molecule has 8 nitrogen and oxygen atoms in total. The van der Waals surface area contributed by atoms with Gasteiger partial charge in [-0.15, -0.1) is 24.8 Å². The quantitative estimate of drug-likeness (QED) is 0.396. The van der Waals surface area contributed by atoms with Crippen molar-refractivity contribution >= 4 is 65.8 Å². The lowest BCUT2D eigenvalue weighted by Crippen LogP contribution is -2.34. The summed E-state index contributed by atoms with van der Waals surface area (Å²) >= 11 is 11.6. The fourth-order valence-corrected chi connectivity index (χ4v) is 2.52. The number of nitrogens with two attached hydrogens (primary N) is 1. The van der Waals surface area contributed by atoms with Crippen LogP contribution in [0.25, 0.3) is 0 Å². The summed E-state index contributed by atoms with van der Waals surface area (Å²) in [7, 11) is 0. The monoisotopic (exact) mass is 470 g/mol. The normalized spacial score (nSPS) is 10.8. The molecule has 0 aliphatic carbocycles. The molecule has 2 aromatic heterocycles. The summed E-state index contributed by atoms with van der Waals surface area (Å²) in [6.07, 6.45) is 1.74. The van der Waals surface area contributed by atoms with Crippen LogP contribution in [0.4, 0.5) is 5.82 Å². The number of hydrogen-bond donors (Lipinski definition) is 3. The van der Waals surface area contributed by atoms with Crippen LogP contribution < -0.4 is 11.1 Å². The van der Waals surface area contributed by atoms with Gasteiger partial charge in [0.2, 0.25) is 0 Å². The Labute approximate surface area is 183 Å². The van der Waals surface area contributed by atoms with Gasteiger partial charge in [0, 0.05) is 6.20 Å². The molecule has 2 aromatic rings. The zero-order valence-corrected chi connectivity index (χ0v) is 17.4. The predicted molar refractivity (Wildman–Crippen MR) is 111 cm³/mol. The Bertz CT molecular complexity index is 772. The second kappa shape index (κ2) is 12.6. The molecule has 0 aliphatic rings. The number of carboxylic acid groups (broad SMARTS) is 1. The van der Waals surface area contributed by atoms with Gasteiger partial charge in [-0.1, -0.05) is 29.3 Å². The molecule has 0 bridgehead atoms. The molecule has 0 radical (unpaired) electrons. The van der Waals surface area contributed by atoms with Gasteiger partial charge in [-0.3, -0.25) is 9.59 Å². The lowest BCUT2D eigenvalue weighted by molar-refractivity contribution is -0.146. The molecule has 2 heterocycles. The van der Waals surface area contributed by atoms with E-state index in [1.807, 2.05) is 0 Å². The van der Waals surface area contributed by atoms with E-state index in [4.69, 9.17) is 38.8 Å². The third kappa shape index (κ3) is 8.90. The fraction of sp³-hybridized carbons (Fsp3) is 0.250. The number of pyridine rings is 2. The van der Waals surface area contributed by atoms with Crippen molar-refractivity contribution in [1.29, 1.82) is 0 Å². The molecule has 0 aromatic carbocycles. The number of esters is 1. The minimum absolute atomic E-state index is 0. The first-order valence-corrected chi connectivity index (χ1v) is 8.24. The summed E-state index contributed by atoms with van der Waals surface area (Å²) in [6.45, 7) is -0.258. The van der Waals surface area contributed by atoms with E-state index in [0.717, 1.165) is 0 Å². The molecule has 0 fully saturated rings. The van der Waals surface area contributed by atoms with Crippen molar-refractivity contribution in [2.75, 3.05) is 11.9 Å². The van der Waals surface area contributed by atoms with Crippen molar-refractivity contribution in [1.82, 2.24) is 9.97 Å². The first-order valence-electron chi connectivity index (χ1n) is 7.48. The van der Waals surface area contributed by atoms with E-state index in [-0.39, 0.29) is 54.7 Å². The number of hydrogen-bond acceptors (Lipinski definition) is 7. The molecule has 1 atom stereocenters. The number of aliphatic carboxylic acids is 1. The summed E-state index contributed by atoms with van der Waals surface area (Å²) in [4.78, 5) is 30.4. The van der Waals surface area contributed by atoms with E-state index in [1.165, 1.54) is 6.20 Å². The Morgan fingerprint density at radius 2 is 1.82 bits per heavy atom. The smallest absolute Gasteiger partial charge is 0.323 e. The third-order valence-corrected chi connectivity index (χ3v) is 3.59. The van der Waals surface area contributed by atoms with Crippen LogP contribution in [0.15, 0.2) is 30.5 Å². The zero-order chi connectivity index (χ0) is 19.1. The minimum atomic E-state index is -0.989. The van der Waals surface area contributed by atoms with Crippen LogP contribution in [0.5, 0.6) is 0 Å². The number of rotatable bonds is 8. The van der Waals surface area contributed by atoms with Gasteiger partial charge in [0.25, 0.3) is 0 Å². The van der Waals surface area contributed by atoms with Gasteiger partial charge in [0.05, 0.1) is 0 Å². The number of ether oxygens (including phenoxy) is 1. The lowest BCUT2D eigenvalue weighted by Gasteiger charge is -2.12. The second-order valence-corrected chi connectivity index (χ2v) is 6.11. The van der Waals surface area contributed by atoms with E-state index in [2.05, 4.69) is 15.3 Å². The van der Waals surface area contributed by atoms with Gasteiger partial charge in [0.15, 0.2) is 0 Å². The number of carbonyl (C=O) groups excluding carboxylic acids is 1. The number of carboxylic acids is 1. The van der Waals surface area contributed by atoms with Crippen molar-refractivity contribution < 1.29 is 19.4 Å². The first kappa shape index (κ1) is 26.2. The number of aromatic nitrogens is 2. The first-order chi connectivity index (χ1) is 12.3. The predicted octanol–water partition coefficient (Wildman–Crippen LogP) is 2.74. The summed E-state index contributed by atoms with van der Waals surface area (Å²) in [5.74, 6) is -1.15. The van der Waals surface area contributed by atoms with Crippen molar-refractivity contribution in [3.8, 4) is 0 Å². The van der Waals surface area contributed by atoms with Gasteiger partial charge in [-0.2, -0.15) is 0 Å². The van der Waals surface area contributed by atoms with Gasteiger partial charge in [0.1, 0.15) is 35.3 Å². The number of carbonyl (C=O) groups is 2. The molecule has 0 saturated heterocycles. The van der Waals surface area contributed by atoms with Crippen LogP contribution in [0, 0.1) is 0 Å². The SMILES string of the molecule is Cl.Cl.N[C@@H](Cc1ccc(NCC(=O)O)nc1)C(=O)OCc1cc(Cl)nc(Cl)c1. The van der Waals surface area contributed by atoms with Gasteiger partial charge < -0.3 is 20.9 Å². The Morgan fingerprint density at radius 3 is 2.36 bits per heavy atom. The Kier molecular flexibility index (Phi) is 11.8.